The highest BCUT2D eigenvalue weighted by Gasteiger charge is 2.26. The number of hydrogen-bond donors (Lipinski definition) is 3. The van der Waals surface area contributed by atoms with E-state index in [0.29, 0.717) is 25.6 Å². The predicted octanol–water partition coefficient (Wildman–Crippen LogP) is 0.680. The minimum absolute atomic E-state index is 0.00824. The zero-order chi connectivity index (χ0) is 16.2. The molecular weight excluding hydrogens is 292 g/mol. The maximum atomic E-state index is 12.2. The fourth-order valence-electron chi connectivity index (χ4n) is 3.15. The van der Waals surface area contributed by atoms with Crippen molar-refractivity contribution >= 4 is 11.8 Å². The molecule has 3 N–H and O–H groups in total. The van der Waals surface area contributed by atoms with Crippen LogP contribution in [0.25, 0.3) is 0 Å². The number of benzene rings is 1. The molecule has 6 heteroatoms. The van der Waals surface area contributed by atoms with Crippen LogP contribution in [-0.2, 0) is 22.7 Å². The number of carbonyl (C=O) groups is 2. The summed E-state index contributed by atoms with van der Waals surface area (Å²) < 4.78 is 0. The lowest BCUT2D eigenvalue weighted by atomic mass is 10.1. The quantitative estimate of drug-likeness (QED) is 0.747. The van der Waals surface area contributed by atoms with Gasteiger partial charge in [-0.25, -0.2) is 5.43 Å². The number of amides is 2. The number of carbonyl (C=O) groups excluding carboxylic acids is 2. The van der Waals surface area contributed by atoms with E-state index in [1.54, 1.807) is 0 Å². The van der Waals surface area contributed by atoms with Crippen LogP contribution >= 0.6 is 0 Å². The van der Waals surface area contributed by atoms with Crippen molar-refractivity contribution in [2.75, 3.05) is 6.54 Å². The van der Waals surface area contributed by atoms with Gasteiger partial charge in [-0.2, -0.15) is 0 Å². The molecule has 0 spiro atoms. The minimum atomic E-state index is -0.183. The Morgan fingerprint density at radius 3 is 2.74 bits per heavy atom. The summed E-state index contributed by atoms with van der Waals surface area (Å²) in [5.74, 6) is 0.230. The number of nitrogens with one attached hydrogen (secondary N) is 3. The van der Waals surface area contributed by atoms with E-state index in [4.69, 9.17) is 0 Å². The maximum Gasteiger partial charge on any atom is 0.238 e. The van der Waals surface area contributed by atoms with Gasteiger partial charge in [-0.1, -0.05) is 24.3 Å². The fourth-order valence-corrected chi connectivity index (χ4v) is 3.15. The largest absolute Gasteiger partial charge is 0.351 e. The second-order valence-corrected chi connectivity index (χ2v) is 6.38. The molecular formula is C17H24N4O2. The van der Waals surface area contributed by atoms with E-state index >= 15 is 0 Å². The van der Waals surface area contributed by atoms with E-state index in [9.17, 15) is 9.59 Å². The highest BCUT2D eigenvalue weighted by atomic mass is 16.2. The van der Waals surface area contributed by atoms with Gasteiger partial charge in [0, 0.05) is 32.1 Å². The number of hydrazine groups is 1. The van der Waals surface area contributed by atoms with Crippen LogP contribution in [0.3, 0.4) is 0 Å². The highest BCUT2D eigenvalue weighted by Crippen LogP contribution is 2.17. The number of likely N-dealkylation sites (tertiary alicyclic amines) is 1. The third kappa shape index (κ3) is 3.89. The topological polar surface area (TPSA) is 73.5 Å². The van der Waals surface area contributed by atoms with Gasteiger partial charge in [0.25, 0.3) is 0 Å². The van der Waals surface area contributed by atoms with Gasteiger partial charge in [-0.3, -0.25) is 15.0 Å². The van der Waals surface area contributed by atoms with Crippen LogP contribution in [0.15, 0.2) is 24.3 Å². The van der Waals surface area contributed by atoms with Crippen LogP contribution in [-0.4, -0.2) is 35.3 Å². The van der Waals surface area contributed by atoms with Gasteiger partial charge in [-0.15, -0.1) is 0 Å². The van der Waals surface area contributed by atoms with E-state index in [-0.39, 0.29) is 17.9 Å². The molecule has 2 saturated heterocycles. The van der Waals surface area contributed by atoms with Crippen molar-refractivity contribution in [1.29, 1.82) is 0 Å². The van der Waals surface area contributed by atoms with Crippen molar-refractivity contribution in [1.82, 2.24) is 21.1 Å². The van der Waals surface area contributed by atoms with Gasteiger partial charge < -0.3 is 10.2 Å². The van der Waals surface area contributed by atoms with Gasteiger partial charge in [0.15, 0.2) is 0 Å². The van der Waals surface area contributed by atoms with Crippen LogP contribution in [0.5, 0.6) is 0 Å². The second kappa shape index (κ2) is 7.10. The minimum Gasteiger partial charge on any atom is -0.351 e. The summed E-state index contributed by atoms with van der Waals surface area (Å²) in [6.07, 6.45) is 2.38. The average Bonchev–Trinajstić information content (AvgIpc) is 3.15. The molecule has 124 valence electrons. The molecule has 0 bridgehead atoms. The lowest BCUT2D eigenvalue weighted by Crippen LogP contribution is -2.43. The summed E-state index contributed by atoms with van der Waals surface area (Å²) in [5.41, 5.74) is 8.24. The maximum absolute atomic E-state index is 12.2. The molecule has 1 aromatic rings. The van der Waals surface area contributed by atoms with E-state index in [0.717, 1.165) is 30.5 Å². The van der Waals surface area contributed by atoms with E-state index < -0.39 is 0 Å². The van der Waals surface area contributed by atoms with Gasteiger partial charge in [0.05, 0.1) is 0 Å². The summed E-state index contributed by atoms with van der Waals surface area (Å²) >= 11 is 0. The first-order chi connectivity index (χ1) is 11.1. The first-order valence-electron chi connectivity index (χ1n) is 8.27. The molecule has 6 nitrogen and oxygen atoms in total. The third-order valence-electron chi connectivity index (χ3n) is 4.51. The summed E-state index contributed by atoms with van der Waals surface area (Å²) in [6, 6.07) is 8.11. The summed E-state index contributed by atoms with van der Waals surface area (Å²) in [6.45, 7) is 3.99. The lowest BCUT2D eigenvalue weighted by molar-refractivity contribution is -0.128. The van der Waals surface area contributed by atoms with Crippen molar-refractivity contribution in [2.24, 2.45) is 0 Å². The molecule has 1 aromatic carbocycles. The summed E-state index contributed by atoms with van der Waals surface area (Å²) in [4.78, 5) is 25.9. The number of nitrogens with zero attached hydrogens (tertiary/aromatic N) is 1. The molecule has 0 saturated carbocycles. The van der Waals surface area contributed by atoms with Crippen LogP contribution in [0, 0.1) is 0 Å². The molecule has 0 aliphatic carbocycles. The van der Waals surface area contributed by atoms with Crippen molar-refractivity contribution < 1.29 is 9.59 Å². The molecule has 0 radical (unpaired) electrons. The van der Waals surface area contributed by atoms with Crippen LogP contribution in [0.2, 0.25) is 0 Å². The van der Waals surface area contributed by atoms with Crippen molar-refractivity contribution in [3.63, 3.8) is 0 Å². The number of rotatable bonds is 5. The van der Waals surface area contributed by atoms with Gasteiger partial charge in [0.2, 0.25) is 11.8 Å². The molecule has 2 aliphatic rings. The normalized spacial score (nSPS) is 24.2. The zero-order valence-corrected chi connectivity index (χ0v) is 13.5. The highest BCUT2D eigenvalue weighted by molar-refractivity contribution is 5.82. The van der Waals surface area contributed by atoms with Crippen LogP contribution in [0.1, 0.15) is 37.3 Å². The van der Waals surface area contributed by atoms with Gasteiger partial charge >= 0.3 is 0 Å². The van der Waals surface area contributed by atoms with E-state index in [2.05, 4.69) is 16.2 Å². The molecule has 2 aliphatic heterocycles. The first kappa shape index (κ1) is 16.0. The Morgan fingerprint density at radius 2 is 2.09 bits per heavy atom. The van der Waals surface area contributed by atoms with Gasteiger partial charge in [0.1, 0.15) is 6.04 Å². The Morgan fingerprint density at radius 1 is 1.30 bits per heavy atom. The van der Waals surface area contributed by atoms with Crippen LogP contribution in [0.4, 0.5) is 0 Å². The van der Waals surface area contributed by atoms with Crippen molar-refractivity contribution in [2.45, 2.75) is 51.4 Å². The Hall–Kier alpha value is -1.92. The van der Waals surface area contributed by atoms with Gasteiger partial charge in [-0.05, 0) is 30.9 Å². The molecule has 2 heterocycles. The Labute approximate surface area is 136 Å². The molecule has 2 amide bonds. The predicted molar refractivity (Wildman–Crippen MR) is 87.1 cm³/mol. The average molecular weight is 316 g/mol. The lowest BCUT2D eigenvalue weighted by Gasteiger charge is -2.19. The third-order valence-corrected chi connectivity index (χ3v) is 4.51. The molecule has 2 atom stereocenters. The van der Waals surface area contributed by atoms with Crippen molar-refractivity contribution in [3.05, 3.63) is 35.4 Å². The Bertz CT molecular complexity index is 590. The molecule has 2 fully saturated rings. The standard InChI is InChI=1S/C17H24N4O2/c1-12-9-15(20-19-12)17(23)18-10-13-5-2-3-6-14(13)11-21-8-4-7-16(21)22/h2-3,5-6,12,15,19-20H,4,7-11H2,1H3,(H,18,23). The molecule has 3 rings (SSSR count). The molecule has 2 unspecified atom stereocenters. The Kier molecular flexibility index (Phi) is 4.93. The summed E-state index contributed by atoms with van der Waals surface area (Å²) in [5, 5.41) is 2.99. The molecule has 23 heavy (non-hydrogen) atoms. The second-order valence-electron chi connectivity index (χ2n) is 6.38. The number of hydrogen-bond acceptors (Lipinski definition) is 4. The first-order valence-corrected chi connectivity index (χ1v) is 8.27. The van der Waals surface area contributed by atoms with Crippen LogP contribution < -0.4 is 16.2 Å². The Balaban J connectivity index is 1.59. The summed E-state index contributed by atoms with van der Waals surface area (Å²) in [7, 11) is 0. The monoisotopic (exact) mass is 316 g/mol. The molecule has 0 aromatic heterocycles. The van der Waals surface area contributed by atoms with E-state index in [1.165, 1.54) is 0 Å². The fraction of sp³-hybridized carbons (Fsp3) is 0.529. The van der Waals surface area contributed by atoms with E-state index in [1.807, 2.05) is 36.1 Å². The smallest absolute Gasteiger partial charge is 0.238 e. The SMILES string of the molecule is CC1CC(C(=O)NCc2ccccc2CN2CCCC2=O)NN1. The van der Waals surface area contributed by atoms with Crippen molar-refractivity contribution in [3.8, 4) is 0 Å². The zero-order valence-electron chi connectivity index (χ0n) is 13.5.